The lowest BCUT2D eigenvalue weighted by atomic mass is 10.1. The fourth-order valence-electron chi connectivity index (χ4n) is 1.77. The van der Waals surface area contributed by atoms with Crippen molar-refractivity contribution in [1.29, 1.82) is 0 Å². The Kier molecular flexibility index (Phi) is 5.74. The van der Waals surface area contributed by atoms with Crippen molar-refractivity contribution >= 4 is 11.8 Å². The van der Waals surface area contributed by atoms with Crippen LogP contribution in [0.15, 0.2) is 11.8 Å². The Hall–Kier alpha value is -1.46. The smallest absolute Gasteiger partial charge is 0.343 e. The van der Waals surface area contributed by atoms with Gasteiger partial charge in [-0.3, -0.25) is 4.79 Å². The average Bonchev–Trinajstić information content (AvgIpc) is 2.36. The first-order chi connectivity index (χ1) is 8.56. The molecule has 1 fully saturated rings. The largest absolute Gasteiger partial charge is 0.462 e. The fourth-order valence-corrected chi connectivity index (χ4v) is 1.77. The Morgan fingerprint density at radius 2 is 1.89 bits per heavy atom. The van der Waals surface area contributed by atoms with Crippen LogP contribution in [-0.2, 0) is 14.3 Å². The first-order valence-electron chi connectivity index (χ1n) is 6.01. The minimum absolute atomic E-state index is 0.0483. The molecule has 6 heteroatoms. The third kappa shape index (κ3) is 4.09. The molecule has 4 nitrogen and oxygen atoms in total. The fraction of sp³-hybridized carbons (Fsp3) is 0.667. The number of piperidine rings is 1. The number of hydrogen-bond acceptors (Lipinski definition) is 4. The van der Waals surface area contributed by atoms with E-state index >= 15 is 0 Å². The van der Waals surface area contributed by atoms with E-state index < -0.39 is 23.8 Å². The summed E-state index contributed by atoms with van der Waals surface area (Å²) in [5.74, 6) is -2.45. The molecular weight excluding hydrogens is 244 g/mol. The third-order valence-electron chi connectivity index (χ3n) is 2.66. The molecule has 18 heavy (non-hydrogen) atoms. The van der Waals surface area contributed by atoms with E-state index in [1.54, 1.807) is 11.8 Å². The molecule has 0 aromatic carbocycles. The molecule has 0 aromatic heterocycles. The summed E-state index contributed by atoms with van der Waals surface area (Å²) >= 11 is 0. The standard InChI is InChI=1S/C12H17F2NO3/c1-2-18-12(17)9(10(16)11(13)14)8-15-6-4-3-5-7-15/h8,11H,2-7H2,1H3/b9-8-. The van der Waals surface area contributed by atoms with E-state index in [2.05, 4.69) is 4.74 Å². The van der Waals surface area contributed by atoms with Gasteiger partial charge in [0.05, 0.1) is 6.61 Å². The number of carbonyl (C=O) groups is 2. The number of likely N-dealkylation sites (tertiary alicyclic amines) is 1. The molecule has 0 aromatic rings. The van der Waals surface area contributed by atoms with Crippen molar-refractivity contribution in [2.45, 2.75) is 32.6 Å². The number of hydrogen-bond donors (Lipinski definition) is 0. The van der Waals surface area contributed by atoms with E-state index in [-0.39, 0.29) is 6.61 Å². The molecule has 0 atom stereocenters. The Labute approximate surface area is 105 Å². The van der Waals surface area contributed by atoms with Crippen LogP contribution < -0.4 is 0 Å². The van der Waals surface area contributed by atoms with Crippen LogP contribution in [0.25, 0.3) is 0 Å². The number of alkyl halides is 2. The van der Waals surface area contributed by atoms with Crippen LogP contribution in [-0.4, -0.2) is 42.8 Å². The third-order valence-corrected chi connectivity index (χ3v) is 2.66. The molecule has 0 bridgehead atoms. The summed E-state index contributed by atoms with van der Waals surface area (Å²) in [4.78, 5) is 24.5. The van der Waals surface area contributed by atoms with Gasteiger partial charge in [0.25, 0.3) is 0 Å². The van der Waals surface area contributed by atoms with E-state index in [0.29, 0.717) is 13.1 Å². The van der Waals surface area contributed by atoms with Gasteiger partial charge in [0.2, 0.25) is 5.78 Å². The Bertz CT molecular complexity index is 336. The van der Waals surface area contributed by atoms with Crippen molar-refractivity contribution < 1.29 is 23.1 Å². The quantitative estimate of drug-likeness (QED) is 0.327. The van der Waals surface area contributed by atoms with Crippen molar-refractivity contribution in [3.63, 3.8) is 0 Å². The molecule has 0 radical (unpaired) electrons. The second-order valence-electron chi connectivity index (χ2n) is 4.02. The number of halogens is 2. The summed E-state index contributed by atoms with van der Waals surface area (Å²) in [5.41, 5.74) is -0.561. The molecule has 0 N–H and O–H groups in total. The number of carbonyl (C=O) groups excluding carboxylic acids is 2. The van der Waals surface area contributed by atoms with Gasteiger partial charge in [-0.1, -0.05) is 0 Å². The SMILES string of the molecule is CCOC(=O)/C(=C\N1CCCCC1)C(=O)C(F)F. The van der Waals surface area contributed by atoms with E-state index in [0.717, 1.165) is 19.3 Å². The molecule has 0 aliphatic carbocycles. The number of nitrogens with zero attached hydrogens (tertiary/aromatic N) is 1. The monoisotopic (exact) mass is 261 g/mol. The number of rotatable bonds is 5. The van der Waals surface area contributed by atoms with Crippen LogP contribution in [0.1, 0.15) is 26.2 Å². The summed E-state index contributed by atoms with van der Waals surface area (Å²) in [5, 5.41) is 0. The minimum atomic E-state index is -3.19. The number of Topliss-reactive ketones (excluding diaryl/α,β-unsaturated/α-hetero) is 1. The van der Waals surface area contributed by atoms with Crippen molar-refractivity contribution in [2.24, 2.45) is 0 Å². The van der Waals surface area contributed by atoms with E-state index in [9.17, 15) is 18.4 Å². The molecule has 1 aliphatic rings. The van der Waals surface area contributed by atoms with Crippen molar-refractivity contribution in [3.8, 4) is 0 Å². The molecule has 1 rings (SSSR count). The van der Waals surface area contributed by atoms with Crippen LogP contribution in [0, 0.1) is 0 Å². The van der Waals surface area contributed by atoms with Gasteiger partial charge in [-0.15, -0.1) is 0 Å². The molecule has 1 saturated heterocycles. The molecule has 0 saturated carbocycles. The van der Waals surface area contributed by atoms with Gasteiger partial charge in [0, 0.05) is 19.3 Å². The van der Waals surface area contributed by atoms with Crippen LogP contribution in [0.5, 0.6) is 0 Å². The predicted octanol–water partition coefficient (Wildman–Crippen LogP) is 1.75. The second kappa shape index (κ2) is 7.08. The van der Waals surface area contributed by atoms with E-state index in [1.807, 2.05) is 0 Å². The Morgan fingerprint density at radius 3 is 2.39 bits per heavy atom. The number of ketones is 1. The molecule has 0 unspecified atom stereocenters. The lowest BCUT2D eigenvalue weighted by Crippen LogP contribution is -2.29. The lowest BCUT2D eigenvalue weighted by molar-refractivity contribution is -0.141. The predicted molar refractivity (Wildman–Crippen MR) is 61.2 cm³/mol. The zero-order chi connectivity index (χ0) is 13.5. The maximum absolute atomic E-state index is 12.4. The first-order valence-corrected chi connectivity index (χ1v) is 6.01. The summed E-state index contributed by atoms with van der Waals surface area (Å²) in [6.07, 6.45) is 0.948. The summed E-state index contributed by atoms with van der Waals surface area (Å²) in [6, 6.07) is 0. The zero-order valence-electron chi connectivity index (χ0n) is 10.3. The highest BCUT2D eigenvalue weighted by atomic mass is 19.3. The summed E-state index contributed by atoms with van der Waals surface area (Å²) in [6.45, 7) is 2.94. The van der Waals surface area contributed by atoms with Crippen molar-refractivity contribution in [3.05, 3.63) is 11.8 Å². The van der Waals surface area contributed by atoms with Gasteiger partial charge < -0.3 is 9.64 Å². The first kappa shape index (κ1) is 14.6. The molecule has 102 valence electrons. The van der Waals surface area contributed by atoms with Gasteiger partial charge in [-0.25, -0.2) is 13.6 Å². The zero-order valence-corrected chi connectivity index (χ0v) is 10.3. The Morgan fingerprint density at radius 1 is 1.28 bits per heavy atom. The highest BCUT2D eigenvalue weighted by Gasteiger charge is 2.28. The molecule has 1 heterocycles. The molecular formula is C12H17F2NO3. The highest BCUT2D eigenvalue weighted by molar-refractivity contribution is 6.18. The lowest BCUT2D eigenvalue weighted by Gasteiger charge is -2.25. The molecule has 0 spiro atoms. The van der Waals surface area contributed by atoms with Gasteiger partial charge in [-0.2, -0.15) is 0 Å². The van der Waals surface area contributed by atoms with Gasteiger partial charge >= 0.3 is 12.4 Å². The maximum Gasteiger partial charge on any atom is 0.343 e. The second-order valence-corrected chi connectivity index (χ2v) is 4.02. The van der Waals surface area contributed by atoms with Gasteiger partial charge in [-0.05, 0) is 26.2 Å². The number of esters is 1. The van der Waals surface area contributed by atoms with E-state index in [1.165, 1.54) is 6.20 Å². The molecule has 1 aliphatic heterocycles. The van der Waals surface area contributed by atoms with Crippen molar-refractivity contribution in [1.82, 2.24) is 4.90 Å². The number of ether oxygens (including phenoxy) is 1. The highest BCUT2D eigenvalue weighted by Crippen LogP contribution is 2.14. The van der Waals surface area contributed by atoms with Crippen LogP contribution >= 0.6 is 0 Å². The molecule has 0 amide bonds. The Balaban J connectivity index is 2.84. The maximum atomic E-state index is 12.4. The van der Waals surface area contributed by atoms with Gasteiger partial charge in [0.15, 0.2) is 0 Å². The average molecular weight is 261 g/mol. The van der Waals surface area contributed by atoms with Gasteiger partial charge in [0.1, 0.15) is 5.57 Å². The van der Waals surface area contributed by atoms with Crippen LogP contribution in [0.2, 0.25) is 0 Å². The van der Waals surface area contributed by atoms with Crippen molar-refractivity contribution in [2.75, 3.05) is 19.7 Å². The van der Waals surface area contributed by atoms with Crippen LogP contribution in [0.4, 0.5) is 8.78 Å². The van der Waals surface area contributed by atoms with Crippen LogP contribution in [0.3, 0.4) is 0 Å². The normalized spacial score (nSPS) is 16.9. The van der Waals surface area contributed by atoms with E-state index in [4.69, 9.17) is 0 Å². The summed E-state index contributed by atoms with van der Waals surface area (Å²) in [7, 11) is 0. The topological polar surface area (TPSA) is 46.6 Å². The summed E-state index contributed by atoms with van der Waals surface area (Å²) < 4.78 is 29.5. The minimum Gasteiger partial charge on any atom is -0.462 e.